The molecule has 1 atom stereocenters. The van der Waals surface area contributed by atoms with Crippen molar-refractivity contribution in [2.24, 2.45) is 0 Å². The molecule has 1 aromatic carbocycles. The number of rotatable bonds is 6. The maximum atomic E-state index is 5.52. The van der Waals surface area contributed by atoms with E-state index in [0.29, 0.717) is 0 Å². The van der Waals surface area contributed by atoms with Crippen molar-refractivity contribution in [2.75, 3.05) is 20.8 Å². The van der Waals surface area contributed by atoms with Gasteiger partial charge < -0.3 is 14.8 Å². The molecule has 3 nitrogen and oxygen atoms in total. The number of benzene rings is 1. The minimum atomic E-state index is 0.122. The van der Waals surface area contributed by atoms with E-state index in [4.69, 9.17) is 9.47 Å². The molecule has 0 fully saturated rings. The Labute approximate surface area is 132 Å². The van der Waals surface area contributed by atoms with Crippen molar-refractivity contribution >= 4 is 27.3 Å². The largest absolute Gasteiger partial charge is 0.497 e. The van der Waals surface area contributed by atoms with Crippen molar-refractivity contribution in [1.29, 1.82) is 0 Å². The van der Waals surface area contributed by atoms with Gasteiger partial charge in [0.05, 0.1) is 24.0 Å². The highest BCUT2D eigenvalue weighted by Crippen LogP contribution is 2.36. The predicted octanol–water partition coefficient (Wildman–Crippen LogP) is 4.23. The molecule has 0 aliphatic carbocycles. The van der Waals surface area contributed by atoms with Crippen molar-refractivity contribution in [1.82, 2.24) is 5.32 Å². The van der Waals surface area contributed by atoms with Gasteiger partial charge in [-0.05, 0) is 46.7 Å². The SMILES string of the molecule is CCNC(c1ccc(Br)s1)c1ccc(OC)cc1OC. The zero-order valence-electron chi connectivity index (χ0n) is 11.8. The molecule has 0 saturated heterocycles. The lowest BCUT2D eigenvalue weighted by Crippen LogP contribution is -2.21. The molecule has 0 aliphatic heterocycles. The third-order valence-corrected chi connectivity index (χ3v) is 4.73. The van der Waals surface area contributed by atoms with Gasteiger partial charge in [-0.2, -0.15) is 0 Å². The summed E-state index contributed by atoms with van der Waals surface area (Å²) in [6.07, 6.45) is 0. The van der Waals surface area contributed by atoms with E-state index in [1.807, 2.05) is 12.1 Å². The van der Waals surface area contributed by atoms with Crippen molar-refractivity contribution in [2.45, 2.75) is 13.0 Å². The van der Waals surface area contributed by atoms with E-state index in [0.717, 1.165) is 27.4 Å². The molecule has 0 bridgehead atoms. The molecule has 108 valence electrons. The summed E-state index contributed by atoms with van der Waals surface area (Å²) in [7, 11) is 3.35. The number of nitrogens with one attached hydrogen (secondary N) is 1. The molecule has 2 rings (SSSR count). The van der Waals surface area contributed by atoms with E-state index in [1.165, 1.54) is 4.88 Å². The van der Waals surface area contributed by atoms with E-state index in [9.17, 15) is 0 Å². The molecular weight excluding hydrogens is 338 g/mol. The molecule has 1 aromatic heterocycles. The molecule has 1 N–H and O–H groups in total. The second-order valence-corrected chi connectivity index (χ2v) is 6.74. The van der Waals surface area contributed by atoms with Crippen molar-refractivity contribution in [3.8, 4) is 11.5 Å². The van der Waals surface area contributed by atoms with Crippen LogP contribution < -0.4 is 14.8 Å². The third kappa shape index (κ3) is 3.34. The average Bonchev–Trinajstić information content (AvgIpc) is 2.90. The summed E-state index contributed by atoms with van der Waals surface area (Å²) in [5.74, 6) is 1.63. The molecule has 1 unspecified atom stereocenters. The zero-order valence-corrected chi connectivity index (χ0v) is 14.2. The van der Waals surface area contributed by atoms with Crippen LogP contribution in [0.3, 0.4) is 0 Å². The monoisotopic (exact) mass is 355 g/mol. The Hall–Kier alpha value is -1.04. The summed E-state index contributed by atoms with van der Waals surface area (Å²) >= 11 is 5.25. The molecule has 5 heteroatoms. The minimum absolute atomic E-state index is 0.122. The fourth-order valence-corrected chi connectivity index (χ4v) is 3.63. The van der Waals surface area contributed by atoms with Crippen molar-refractivity contribution in [3.63, 3.8) is 0 Å². The molecule has 0 amide bonds. The van der Waals surface area contributed by atoms with Crippen LogP contribution in [0.1, 0.15) is 23.4 Å². The van der Waals surface area contributed by atoms with Gasteiger partial charge in [-0.3, -0.25) is 0 Å². The Morgan fingerprint density at radius 3 is 2.55 bits per heavy atom. The van der Waals surface area contributed by atoms with E-state index in [1.54, 1.807) is 25.6 Å². The van der Waals surface area contributed by atoms with Crippen LogP contribution in [-0.4, -0.2) is 20.8 Å². The summed E-state index contributed by atoms with van der Waals surface area (Å²) < 4.78 is 11.9. The minimum Gasteiger partial charge on any atom is -0.497 e. The summed E-state index contributed by atoms with van der Waals surface area (Å²) in [5.41, 5.74) is 1.12. The number of hydrogen-bond acceptors (Lipinski definition) is 4. The first-order chi connectivity index (χ1) is 9.69. The number of halogens is 1. The Bertz CT molecular complexity index is 571. The second-order valence-electron chi connectivity index (χ2n) is 4.24. The summed E-state index contributed by atoms with van der Waals surface area (Å²) in [6, 6.07) is 10.3. The zero-order chi connectivity index (χ0) is 14.5. The molecule has 0 radical (unpaired) electrons. The first kappa shape index (κ1) is 15.4. The predicted molar refractivity (Wildman–Crippen MR) is 87.1 cm³/mol. The van der Waals surface area contributed by atoms with Gasteiger partial charge in [0.1, 0.15) is 11.5 Å². The topological polar surface area (TPSA) is 30.5 Å². The van der Waals surface area contributed by atoms with Crippen LogP contribution in [0, 0.1) is 0 Å². The van der Waals surface area contributed by atoms with Gasteiger partial charge in [0, 0.05) is 16.5 Å². The molecule has 0 aliphatic rings. The van der Waals surface area contributed by atoms with E-state index in [-0.39, 0.29) is 6.04 Å². The fraction of sp³-hybridized carbons (Fsp3) is 0.333. The van der Waals surface area contributed by atoms with Crippen LogP contribution in [-0.2, 0) is 0 Å². The Morgan fingerprint density at radius 1 is 1.20 bits per heavy atom. The highest BCUT2D eigenvalue weighted by molar-refractivity contribution is 9.11. The highest BCUT2D eigenvalue weighted by atomic mass is 79.9. The van der Waals surface area contributed by atoms with Gasteiger partial charge in [0.25, 0.3) is 0 Å². The van der Waals surface area contributed by atoms with Crippen LogP contribution in [0.25, 0.3) is 0 Å². The van der Waals surface area contributed by atoms with Gasteiger partial charge in [0.15, 0.2) is 0 Å². The van der Waals surface area contributed by atoms with Gasteiger partial charge in [-0.15, -0.1) is 11.3 Å². The van der Waals surface area contributed by atoms with Gasteiger partial charge in [-0.1, -0.05) is 6.92 Å². The lowest BCUT2D eigenvalue weighted by Gasteiger charge is -2.20. The number of methoxy groups -OCH3 is 2. The van der Waals surface area contributed by atoms with Gasteiger partial charge in [0.2, 0.25) is 0 Å². The fourth-order valence-electron chi connectivity index (χ4n) is 2.11. The number of ether oxygens (including phenoxy) is 2. The van der Waals surface area contributed by atoms with E-state index in [2.05, 4.69) is 46.4 Å². The number of thiophene rings is 1. The summed E-state index contributed by atoms with van der Waals surface area (Å²) in [6.45, 7) is 2.99. The molecular formula is C15H18BrNO2S. The van der Waals surface area contributed by atoms with E-state index >= 15 is 0 Å². The van der Waals surface area contributed by atoms with Crippen molar-refractivity contribution < 1.29 is 9.47 Å². The maximum Gasteiger partial charge on any atom is 0.127 e. The standard InChI is InChI=1S/C15H18BrNO2S/c1-4-17-15(13-7-8-14(16)20-13)11-6-5-10(18-2)9-12(11)19-3/h5-9,15,17H,4H2,1-3H3. The summed E-state index contributed by atoms with van der Waals surface area (Å²) in [5, 5.41) is 3.51. The Balaban J connectivity index is 2.43. The Kier molecular flexibility index (Phi) is 5.46. The van der Waals surface area contributed by atoms with Crippen LogP contribution in [0.5, 0.6) is 11.5 Å². The molecule has 1 heterocycles. The summed E-state index contributed by atoms with van der Waals surface area (Å²) in [4.78, 5) is 1.25. The lowest BCUT2D eigenvalue weighted by atomic mass is 10.0. The highest BCUT2D eigenvalue weighted by Gasteiger charge is 2.19. The normalized spacial score (nSPS) is 12.2. The van der Waals surface area contributed by atoms with Crippen LogP contribution in [0.2, 0.25) is 0 Å². The van der Waals surface area contributed by atoms with Crippen molar-refractivity contribution in [3.05, 3.63) is 44.6 Å². The Morgan fingerprint density at radius 2 is 2.00 bits per heavy atom. The van der Waals surface area contributed by atoms with Gasteiger partial charge >= 0.3 is 0 Å². The van der Waals surface area contributed by atoms with E-state index < -0.39 is 0 Å². The third-order valence-electron chi connectivity index (χ3n) is 3.04. The van der Waals surface area contributed by atoms with Crippen LogP contribution >= 0.6 is 27.3 Å². The first-order valence-corrected chi connectivity index (χ1v) is 8.01. The quantitative estimate of drug-likeness (QED) is 0.840. The average molecular weight is 356 g/mol. The lowest BCUT2D eigenvalue weighted by molar-refractivity contribution is 0.388. The molecule has 0 spiro atoms. The second kappa shape index (κ2) is 7.11. The van der Waals surface area contributed by atoms with Crippen LogP contribution in [0.4, 0.5) is 0 Å². The first-order valence-electron chi connectivity index (χ1n) is 6.40. The van der Waals surface area contributed by atoms with Crippen LogP contribution in [0.15, 0.2) is 34.1 Å². The molecule has 0 saturated carbocycles. The van der Waals surface area contributed by atoms with Gasteiger partial charge in [-0.25, -0.2) is 0 Å². The molecule has 2 aromatic rings. The number of hydrogen-bond donors (Lipinski definition) is 1. The maximum absolute atomic E-state index is 5.52. The smallest absolute Gasteiger partial charge is 0.127 e. The molecule has 20 heavy (non-hydrogen) atoms.